The molecule has 2 heterocycles. The van der Waals surface area contributed by atoms with Gasteiger partial charge in [-0.05, 0) is 41.3 Å². The molecule has 7 heteroatoms. The van der Waals surface area contributed by atoms with E-state index in [1.54, 1.807) is 24.5 Å². The minimum atomic E-state index is -4.70. The fourth-order valence-corrected chi connectivity index (χ4v) is 3.43. The maximum Gasteiger partial charge on any atom is 0.573 e. The highest BCUT2D eigenvalue weighted by atomic mass is 32.1. The predicted octanol–water partition coefficient (Wildman–Crippen LogP) is 6.07. The third-order valence-electron chi connectivity index (χ3n) is 3.75. The average molecular weight is 378 g/mol. The molecule has 1 aromatic carbocycles. The van der Waals surface area contributed by atoms with Crippen molar-refractivity contribution in [3.05, 3.63) is 53.7 Å². The molecule has 0 amide bonds. The van der Waals surface area contributed by atoms with Gasteiger partial charge in [0.2, 0.25) is 0 Å². The molecule has 3 aromatic rings. The second-order valence-corrected chi connectivity index (χ2v) is 7.64. The first-order valence-corrected chi connectivity index (χ1v) is 8.78. The fourth-order valence-electron chi connectivity index (χ4n) is 2.58. The van der Waals surface area contributed by atoms with E-state index in [4.69, 9.17) is 0 Å². The standard InChI is InChI=1S/C19H17F3N2OS/c1-18(2,3)15-8-9-23-10-14(15)17-24-16(11-26-17)12-4-6-13(7-5-12)25-19(20,21)22/h4-11H,1-3H3. The van der Waals surface area contributed by atoms with Gasteiger partial charge in [0.05, 0.1) is 5.69 Å². The summed E-state index contributed by atoms with van der Waals surface area (Å²) in [5.41, 5.74) is 3.48. The van der Waals surface area contributed by atoms with E-state index >= 15 is 0 Å². The van der Waals surface area contributed by atoms with Crippen molar-refractivity contribution in [3.63, 3.8) is 0 Å². The van der Waals surface area contributed by atoms with Crippen LogP contribution >= 0.6 is 11.3 Å². The van der Waals surface area contributed by atoms with Crippen LogP contribution in [0.15, 0.2) is 48.1 Å². The maximum absolute atomic E-state index is 12.3. The van der Waals surface area contributed by atoms with Crippen LogP contribution in [0.1, 0.15) is 26.3 Å². The van der Waals surface area contributed by atoms with E-state index in [1.807, 2.05) is 11.4 Å². The van der Waals surface area contributed by atoms with Crippen LogP contribution < -0.4 is 4.74 Å². The van der Waals surface area contributed by atoms with E-state index in [9.17, 15) is 13.2 Å². The highest BCUT2D eigenvalue weighted by molar-refractivity contribution is 7.13. The summed E-state index contributed by atoms with van der Waals surface area (Å²) in [5.74, 6) is -0.251. The minimum absolute atomic E-state index is 0.0549. The molecule has 0 atom stereocenters. The molecule has 0 unspecified atom stereocenters. The van der Waals surface area contributed by atoms with E-state index in [1.165, 1.54) is 23.5 Å². The monoisotopic (exact) mass is 378 g/mol. The van der Waals surface area contributed by atoms with Crippen molar-refractivity contribution in [2.45, 2.75) is 32.5 Å². The number of hydrogen-bond acceptors (Lipinski definition) is 4. The van der Waals surface area contributed by atoms with Gasteiger partial charge in [-0.3, -0.25) is 4.98 Å². The van der Waals surface area contributed by atoms with Crippen LogP contribution in [0.25, 0.3) is 21.8 Å². The van der Waals surface area contributed by atoms with E-state index < -0.39 is 6.36 Å². The molecular formula is C19H17F3N2OS. The van der Waals surface area contributed by atoms with E-state index in [2.05, 4.69) is 35.5 Å². The van der Waals surface area contributed by atoms with Crippen molar-refractivity contribution >= 4 is 11.3 Å². The number of hydrogen-bond donors (Lipinski definition) is 0. The van der Waals surface area contributed by atoms with Crippen molar-refractivity contribution in [1.29, 1.82) is 0 Å². The Hall–Kier alpha value is -2.41. The summed E-state index contributed by atoms with van der Waals surface area (Å²) in [6.07, 6.45) is -1.14. The number of pyridine rings is 1. The number of benzene rings is 1. The van der Waals surface area contributed by atoms with Crippen LogP contribution in [0.4, 0.5) is 13.2 Å². The van der Waals surface area contributed by atoms with Crippen molar-refractivity contribution in [2.24, 2.45) is 0 Å². The van der Waals surface area contributed by atoms with Crippen LogP contribution in [0.5, 0.6) is 5.75 Å². The van der Waals surface area contributed by atoms with Gasteiger partial charge in [0, 0.05) is 28.9 Å². The van der Waals surface area contributed by atoms with Gasteiger partial charge in [0.15, 0.2) is 0 Å². The van der Waals surface area contributed by atoms with Crippen molar-refractivity contribution in [3.8, 4) is 27.6 Å². The SMILES string of the molecule is CC(C)(C)c1ccncc1-c1nc(-c2ccc(OC(F)(F)F)cc2)cs1. The number of thiazole rings is 1. The Labute approximate surface area is 153 Å². The van der Waals surface area contributed by atoms with Crippen molar-refractivity contribution in [1.82, 2.24) is 9.97 Å². The van der Waals surface area contributed by atoms with Gasteiger partial charge in [0.25, 0.3) is 0 Å². The normalized spacial score (nSPS) is 12.2. The van der Waals surface area contributed by atoms with Crippen LogP contribution in [0, 0.1) is 0 Å². The van der Waals surface area contributed by atoms with Gasteiger partial charge in [-0.2, -0.15) is 0 Å². The average Bonchev–Trinajstić information content (AvgIpc) is 3.03. The Kier molecular flexibility index (Phi) is 4.75. The van der Waals surface area contributed by atoms with E-state index in [-0.39, 0.29) is 11.2 Å². The Morgan fingerprint density at radius 2 is 1.69 bits per heavy atom. The molecule has 0 aliphatic carbocycles. The van der Waals surface area contributed by atoms with Gasteiger partial charge < -0.3 is 4.74 Å². The molecule has 0 saturated heterocycles. The summed E-state index contributed by atoms with van der Waals surface area (Å²) in [4.78, 5) is 8.85. The topological polar surface area (TPSA) is 35.0 Å². The lowest BCUT2D eigenvalue weighted by Crippen LogP contribution is -2.16. The Morgan fingerprint density at radius 3 is 2.31 bits per heavy atom. The number of halogens is 3. The van der Waals surface area contributed by atoms with Crippen LogP contribution in [-0.2, 0) is 5.41 Å². The molecule has 0 N–H and O–H groups in total. The molecule has 3 rings (SSSR count). The maximum atomic E-state index is 12.3. The Bertz CT molecular complexity index is 896. The number of aromatic nitrogens is 2. The highest BCUT2D eigenvalue weighted by Crippen LogP contribution is 2.36. The lowest BCUT2D eigenvalue weighted by molar-refractivity contribution is -0.274. The quantitative estimate of drug-likeness (QED) is 0.555. The van der Waals surface area contributed by atoms with Crippen LogP contribution in [0.2, 0.25) is 0 Å². The molecule has 136 valence electrons. The molecule has 3 nitrogen and oxygen atoms in total. The zero-order valence-electron chi connectivity index (χ0n) is 14.5. The van der Waals surface area contributed by atoms with E-state index in [0.29, 0.717) is 5.69 Å². The first kappa shape index (κ1) is 18.4. The number of alkyl halides is 3. The Balaban J connectivity index is 1.90. The number of ether oxygens (including phenoxy) is 1. The molecular weight excluding hydrogens is 361 g/mol. The van der Waals surface area contributed by atoms with Gasteiger partial charge in [-0.25, -0.2) is 4.98 Å². The first-order valence-electron chi connectivity index (χ1n) is 7.90. The minimum Gasteiger partial charge on any atom is -0.406 e. The van der Waals surface area contributed by atoms with E-state index in [0.717, 1.165) is 21.7 Å². The lowest BCUT2D eigenvalue weighted by atomic mass is 9.85. The molecule has 2 aromatic heterocycles. The summed E-state index contributed by atoms with van der Waals surface area (Å²) >= 11 is 1.48. The second-order valence-electron chi connectivity index (χ2n) is 6.78. The Morgan fingerprint density at radius 1 is 1.00 bits per heavy atom. The molecule has 0 spiro atoms. The van der Waals surface area contributed by atoms with Gasteiger partial charge in [-0.15, -0.1) is 24.5 Å². The molecule has 26 heavy (non-hydrogen) atoms. The summed E-state index contributed by atoms with van der Waals surface area (Å²) in [5, 5.41) is 2.71. The number of nitrogens with zero attached hydrogens (tertiary/aromatic N) is 2. The zero-order valence-corrected chi connectivity index (χ0v) is 15.3. The summed E-state index contributed by atoms with van der Waals surface area (Å²) in [7, 11) is 0. The first-order chi connectivity index (χ1) is 12.1. The van der Waals surface area contributed by atoms with Crippen molar-refractivity contribution in [2.75, 3.05) is 0 Å². The zero-order chi connectivity index (χ0) is 18.9. The van der Waals surface area contributed by atoms with Gasteiger partial charge in [0.1, 0.15) is 10.8 Å². The smallest absolute Gasteiger partial charge is 0.406 e. The summed E-state index contributed by atoms with van der Waals surface area (Å²) in [6.45, 7) is 6.37. The summed E-state index contributed by atoms with van der Waals surface area (Å²) in [6, 6.07) is 7.68. The molecule has 0 aliphatic rings. The number of rotatable bonds is 3. The predicted molar refractivity (Wildman–Crippen MR) is 96.2 cm³/mol. The molecule has 0 radical (unpaired) electrons. The summed E-state index contributed by atoms with van der Waals surface area (Å²) < 4.78 is 40.6. The van der Waals surface area contributed by atoms with Crippen LogP contribution in [-0.4, -0.2) is 16.3 Å². The fraction of sp³-hybridized carbons (Fsp3) is 0.263. The third kappa shape index (κ3) is 4.22. The third-order valence-corrected chi connectivity index (χ3v) is 4.62. The van der Waals surface area contributed by atoms with Gasteiger partial charge in [-0.1, -0.05) is 20.8 Å². The lowest BCUT2D eigenvalue weighted by Gasteiger charge is -2.21. The van der Waals surface area contributed by atoms with Gasteiger partial charge >= 0.3 is 6.36 Å². The van der Waals surface area contributed by atoms with Crippen LogP contribution in [0.3, 0.4) is 0 Å². The van der Waals surface area contributed by atoms with Crippen molar-refractivity contribution < 1.29 is 17.9 Å². The largest absolute Gasteiger partial charge is 0.573 e. The highest BCUT2D eigenvalue weighted by Gasteiger charge is 2.31. The molecule has 0 bridgehead atoms. The molecule has 0 saturated carbocycles. The molecule has 0 fully saturated rings. The second kappa shape index (κ2) is 6.72. The molecule has 0 aliphatic heterocycles.